The van der Waals surface area contributed by atoms with E-state index in [1.54, 1.807) is 0 Å². The lowest BCUT2D eigenvalue weighted by molar-refractivity contribution is 0.858. The smallest absolute Gasteiger partial charge is 0.116 e. The van der Waals surface area contributed by atoms with Gasteiger partial charge in [0.05, 0.1) is 15.8 Å². The lowest BCUT2D eigenvalue weighted by Gasteiger charge is -2.17. The van der Waals surface area contributed by atoms with Crippen molar-refractivity contribution in [2.75, 3.05) is 0 Å². The summed E-state index contributed by atoms with van der Waals surface area (Å²) in [5.74, 6) is 0.484. The second-order valence-electron chi connectivity index (χ2n) is 8.51. The van der Waals surface area contributed by atoms with E-state index in [2.05, 4.69) is 145 Å². The molecule has 0 amide bonds. The molecular weight excluding hydrogens is 427 g/mol. The van der Waals surface area contributed by atoms with Crippen LogP contribution in [0.25, 0.3) is 0 Å². The van der Waals surface area contributed by atoms with Crippen LogP contribution in [-0.2, 0) is 6.17 Å². The van der Waals surface area contributed by atoms with Gasteiger partial charge in [0.2, 0.25) is 0 Å². The lowest BCUT2D eigenvalue weighted by Crippen LogP contribution is -2.15. The zero-order valence-electron chi connectivity index (χ0n) is 19.7. The van der Waals surface area contributed by atoms with E-state index < -0.39 is 0 Å². The van der Waals surface area contributed by atoms with E-state index in [1.807, 2.05) is 12.5 Å². The van der Waals surface area contributed by atoms with Gasteiger partial charge in [-0.3, -0.25) is 0 Å². The van der Waals surface area contributed by atoms with Crippen molar-refractivity contribution in [1.29, 1.82) is 0 Å². The van der Waals surface area contributed by atoms with Gasteiger partial charge >= 0.3 is 0 Å². The molecule has 1 heterocycles. The first kappa shape index (κ1) is 23.5. The number of hydrogen-bond donors (Lipinski definition) is 0. The summed E-state index contributed by atoms with van der Waals surface area (Å²) in [6.07, 6.45) is 6.95. The zero-order valence-corrected chi connectivity index (χ0v) is 21.2. The van der Waals surface area contributed by atoms with E-state index in [0.717, 1.165) is 6.17 Å². The van der Waals surface area contributed by atoms with Gasteiger partial charge in [-0.2, -0.15) is 0 Å². The Labute approximate surface area is 206 Å². The highest BCUT2D eigenvalue weighted by atomic mass is 28.2. The van der Waals surface area contributed by atoms with Crippen molar-refractivity contribution >= 4 is 17.4 Å². The Balaban J connectivity index is 0.000000172. The van der Waals surface area contributed by atoms with Gasteiger partial charge < -0.3 is 4.57 Å². The van der Waals surface area contributed by atoms with Gasteiger partial charge in [0, 0.05) is 18.6 Å². The monoisotopic (exact) mass is 458 g/mol. The van der Waals surface area contributed by atoms with Crippen molar-refractivity contribution in [3.05, 3.63) is 162 Å². The molecule has 0 spiro atoms. The summed E-state index contributed by atoms with van der Waals surface area (Å²) in [6.45, 7) is 0. The third kappa shape index (κ3) is 6.69. The van der Waals surface area contributed by atoms with Crippen LogP contribution >= 0.6 is 0 Å². The van der Waals surface area contributed by atoms with Crippen molar-refractivity contribution in [2.45, 2.75) is 17.5 Å². The van der Waals surface area contributed by atoms with E-state index >= 15 is 0 Å². The summed E-state index contributed by atoms with van der Waals surface area (Å²) < 4.78 is 2.20. The van der Waals surface area contributed by atoms with Gasteiger partial charge in [-0.05, 0) is 33.6 Å². The first-order valence-electron chi connectivity index (χ1n) is 12.0. The van der Waals surface area contributed by atoms with Crippen LogP contribution in [-0.4, -0.2) is 26.9 Å². The summed E-state index contributed by atoms with van der Waals surface area (Å²) in [5, 5.41) is 0. The number of aromatic nitrogens is 2. The molecule has 0 N–H and O–H groups in total. The molecule has 5 rings (SSSR count). The Morgan fingerprint density at radius 3 is 1.41 bits per heavy atom. The molecule has 4 aromatic carbocycles. The highest BCUT2D eigenvalue weighted by molar-refractivity contribution is 6.37. The predicted octanol–water partition coefficient (Wildman–Crippen LogP) is 5.21. The third-order valence-electron chi connectivity index (χ3n) is 6.24. The van der Waals surface area contributed by atoms with Crippen LogP contribution in [0.4, 0.5) is 0 Å². The van der Waals surface area contributed by atoms with Crippen molar-refractivity contribution < 1.29 is 0 Å². The first-order chi connectivity index (χ1) is 16.8. The minimum atomic E-state index is -0.317. The minimum absolute atomic E-state index is 0.317. The van der Waals surface area contributed by atoms with Crippen molar-refractivity contribution in [2.24, 2.45) is 0 Å². The number of benzene rings is 4. The minimum Gasteiger partial charge on any atom is -0.341 e. The SMILES string of the molecule is BC(c1ccccc1)c1ccccc1.c1ccc(C([SiH2]Cn2ccnc2)c2ccccc2)cc1. The highest BCUT2D eigenvalue weighted by Crippen LogP contribution is 2.23. The van der Waals surface area contributed by atoms with E-state index in [0.29, 0.717) is 11.4 Å². The molecule has 0 aliphatic rings. The molecule has 0 saturated carbocycles. The number of hydrogen-bond acceptors (Lipinski definition) is 1. The van der Waals surface area contributed by atoms with Gasteiger partial charge in [-0.25, -0.2) is 4.98 Å². The molecule has 0 saturated heterocycles. The fraction of sp³-hybridized carbons (Fsp3) is 0.100. The molecule has 0 atom stereocenters. The summed E-state index contributed by atoms with van der Waals surface area (Å²) in [7, 11) is 1.92. The maximum Gasteiger partial charge on any atom is 0.116 e. The summed E-state index contributed by atoms with van der Waals surface area (Å²) >= 11 is 0. The molecule has 34 heavy (non-hydrogen) atoms. The molecule has 2 nitrogen and oxygen atoms in total. The maximum atomic E-state index is 4.13. The summed E-state index contributed by atoms with van der Waals surface area (Å²) in [5.41, 5.74) is 6.19. The molecule has 168 valence electrons. The second-order valence-corrected chi connectivity index (χ2v) is 10.3. The van der Waals surface area contributed by atoms with Gasteiger partial charge in [0.1, 0.15) is 7.85 Å². The fourth-order valence-corrected chi connectivity index (χ4v) is 6.30. The number of imidazole rings is 1. The normalized spacial score (nSPS) is 11.0. The van der Waals surface area contributed by atoms with Crippen LogP contribution in [0.1, 0.15) is 33.6 Å². The fourth-order valence-electron chi connectivity index (χ4n) is 4.27. The number of nitrogens with zero attached hydrogens (tertiary/aromatic N) is 2. The van der Waals surface area contributed by atoms with Crippen LogP contribution in [0.2, 0.25) is 0 Å². The van der Waals surface area contributed by atoms with Gasteiger partial charge in [0.25, 0.3) is 0 Å². The van der Waals surface area contributed by atoms with E-state index in [9.17, 15) is 0 Å². The van der Waals surface area contributed by atoms with Crippen LogP contribution in [0.5, 0.6) is 0 Å². The topological polar surface area (TPSA) is 17.8 Å². The number of rotatable bonds is 7. The van der Waals surface area contributed by atoms with Gasteiger partial charge in [-0.15, -0.1) is 0 Å². The molecule has 0 radical (unpaired) electrons. The lowest BCUT2D eigenvalue weighted by atomic mass is 9.76. The van der Waals surface area contributed by atoms with Crippen LogP contribution in [0.3, 0.4) is 0 Å². The predicted molar refractivity (Wildman–Crippen MR) is 149 cm³/mol. The van der Waals surface area contributed by atoms with Crippen molar-refractivity contribution in [1.82, 2.24) is 9.55 Å². The average molecular weight is 458 g/mol. The third-order valence-corrected chi connectivity index (χ3v) is 8.53. The molecule has 4 heteroatoms. The zero-order chi connectivity index (χ0) is 23.4. The van der Waals surface area contributed by atoms with E-state index in [-0.39, 0.29) is 9.52 Å². The Morgan fingerprint density at radius 1 is 0.618 bits per heavy atom. The van der Waals surface area contributed by atoms with E-state index in [1.165, 1.54) is 22.3 Å². The standard InChI is InChI=1S/C17H18N2Si.C13H13B/c1-3-7-15(8-4-1)17(16-9-5-2-6-10-16)20-14-19-12-11-18-13-19;14-13(11-7-3-1-4-8-11)12-9-5-2-6-10-12/h1-13,17H,14,20H2;1-10,13H,14H2. The Kier molecular flexibility index (Phi) is 8.70. The maximum absolute atomic E-state index is 4.13. The molecule has 0 fully saturated rings. The molecule has 1 aromatic heterocycles. The Morgan fingerprint density at radius 2 is 1.03 bits per heavy atom. The highest BCUT2D eigenvalue weighted by Gasteiger charge is 2.14. The molecule has 0 unspecified atom stereocenters. The largest absolute Gasteiger partial charge is 0.341 e. The second kappa shape index (κ2) is 12.6. The molecule has 0 aliphatic heterocycles. The van der Waals surface area contributed by atoms with Crippen molar-refractivity contribution in [3.8, 4) is 0 Å². The quantitative estimate of drug-likeness (QED) is 0.306. The van der Waals surface area contributed by atoms with Crippen molar-refractivity contribution in [3.63, 3.8) is 0 Å². The van der Waals surface area contributed by atoms with Gasteiger partial charge in [-0.1, -0.05) is 121 Å². The van der Waals surface area contributed by atoms with Gasteiger partial charge in [0.15, 0.2) is 0 Å². The Hall–Kier alpha value is -3.63. The van der Waals surface area contributed by atoms with Crippen LogP contribution in [0.15, 0.2) is 140 Å². The molecule has 0 aliphatic carbocycles. The molecule has 5 aromatic rings. The molecular formula is C30H31BN2Si. The summed E-state index contributed by atoms with van der Waals surface area (Å²) in [6, 6.07) is 42.9. The van der Waals surface area contributed by atoms with E-state index in [4.69, 9.17) is 0 Å². The van der Waals surface area contributed by atoms with Crippen LogP contribution < -0.4 is 0 Å². The average Bonchev–Trinajstić information content (AvgIpc) is 3.45. The Bertz CT molecular complexity index is 1120. The summed E-state index contributed by atoms with van der Waals surface area (Å²) in [4.78, 5) is 4.13. The molecule has 0 bridgehead atoms. The first-order valence-corrected chi connectivity index (χ1v) is 13.8. The van der Waals surface area contributed by atoms with Crippen LogP contribution in [0, 0.1) is 0 Å².